The maximum Gasteiger partial charge on any atom is 0.353 e. The van der Waals surface area contributed by atoms with Crippen LogP contribution in [0, 0.1) is 13.8 Å². The van der Waals surface area contributed by atoms with Crippen LogP contribution in [0.15, 0.2) is 57.8 Å². The maximum absolute atomic E-state index is 13.2. The van der Waals surface area contributed by atoms with Crippen LogP contribution in [0.25, 0.3) is 28.0 Å². The van der Waals surface area contributed by atoms with Crippen molar-refractivity contribution < 1.29 is 9.63 Å². The molecule has 4 heterocycles. The molecule has 10 heteroatoms. The van der Waals surface area contributed by atoms with Gasteiger partial charge in [-0.25, -0.2) is 18.9 Å². The summed E-state index contributed by atoms with van der Waals surface area (Å²) in [4.78, 5) is 22.2. The summed E-state index contributed by atoms with van der Waals surface area (Å²) >= 11 is 0. The van der Waals surface area contributed by atoms with Crippen molar-refractivity contribution in [3.05, 3.63) is 81.9 Å². The standard InChI is InChI=1S/C23H21N7O3/c1-13-8-16(10-18(12-31)25-13)19-20(15-6-4-3-5-7-15)26-22(24)30-21(19)27-29(23(30)32)11-17-9-14(2)33-28-17/h3-10,31H,11-12H2,1-2H3,(H2,24,26). The SMILES string of the molecule is Cc1cc(-c2c(-c3ccccc3)nc(N)n3c(=O)n(Cc4cc(C)on4)nc23)cc(CO)n1. The predicted octanol–water partition coefficient (Wildman–Crippen LogP) is 2.35. The lowest BCUT2D eigenvalue weighted by Crippen LogP contribution is -2.23. The van der Waals surface area contributed by atoms with Crippen molar-refractivity contribution in [2.24, 2.45) is 0 Å². The fourth-order valence-electron chi connectivity index (χ4n) is 3.88. The van der Waals surface area contributed by atoms with E-state index in [-0.39, 0.29) is 19.1 Å². The molecule has 0 aliphatic rings. The summed E-state index contributed by atoms with van der Waals surface area (Å²) in [5, 5.41) is 18.3. The van der Waals surface area contributed by atoms with Gasteiger partial charge in [0.15, 0.2) is 5.65 Å². The van der Waals surface area contributed by atoms with Crippen molar-refractivity contribution in [3.63, 3.8) is 0 Å². The highest BCUT2D eigenvalue weighted by molar-refractivity contribution is 5.90. The molecule has 1 aromatic carbocycles. The summed E-state index contributed by atoms with van der Waals surface area (Å²) < 4.78 is 7.68. The highest BCUT2D eigenvalue weighted by Crippen LogP contribution is 2.34. The topological polar surface area (TPSA) is 137 Å². The van der Waals surface area contributed by atoms with Crippen LogP contribution in [0.1, 0.15) is 22.8 Å². The Balaban J connectivity index is 1.83. The molecular weight excluding hydrogens is 422 g/mol. The molecule has 0 spiro atoms. The number of fused-ring (bicyclic) bond motifs is 1. The fourth-order valence-corrected chi connectivity index (χ4v) is 3.88. The van der Waals surface area contributed by atoms with E-state index in [1.807, 2.05) is 43.3 Å². The van der Waals surface area contributed by atoms with E-state index in [1.165, 1.54) is 9.08 Å². The summed E-state index contributed by atoms with van der Waals surface area (Å²) in [6.45, 7) is 3.51. The van der Waals surface area contributed by atoms with E-state index in [1.54, 1.807) is 19.1 Å². The van der Waals surface area contributed by atoms with Crippen LogP contribution >= 0.6 is 0 Å². The molecule has 5 aromatic rings. The lowest BCUT2D eigenvalue weighted by Gasteiger charge is -2.13. The van der Waals surface area contributed by atoms with Gasteiger partial charge in [0.05, 0.1) is 30.1 Å². The van der Waals surface area contributed by atoms with Gasteiger partial charge in [-0.05, 0) is 31.5 Å². The number of anilines is 1. The Labute approximate surface area is 187 Å². The molecule has 0 atom stereocenters. The van der Waals surface area contributed by atoms with Crippen molar-refractivity contribution in [2.45, 2.75) is 27.0 Å². The second kappa shape index (κ2) is 7.99. The van der Waals surface area contributed by atoms with Gasteiger partial charge in [-0.15, -0.1) is 5.10 Å². The summed E-state index contributed by atoms with van der Waals surface area (Å²) in [7, 11) is 0. The Morgan fingerprint density at radius 2 is 1.82 bits per heavy atom. The van der Waals surface area contributed by atoms with E-state index in [9.17, 15) is 9.90 Å². The van der Waals surface area contributed by atoms with Crippen molar-refractivity contribution in [3.8, 4) is 22.4 Å². The first-order valence-corrected chi connectivity index (χ1v) is 10.3. The number of aliphatic hydroxyl groups excluding tert-OH is 1. The fraction of sp³-hybridized carbons (Fsp3) is 0.174. The van der Waals surface area contributed by atoms with E-state index < -0.39 is 5.69 Å². The van der Waals surface area contributed by atoms with Crippen LogP contribution in [0.2, 0.25) is 0 Å². The zero-order valence-electron chi connectivity index (χ0n) is 18.1. The van der Waals surface area contributed by atoms with E-state index in [2.05, 4.69) is 20.2 Å². The molecule has 0 saturated heterocycles. The minimum Gasteiger partial charge on any atom is -0.390 e. The molecule has 0 bridgehead atoms. The van der Waals surface area contributed by atoms with Gasteiger partial charge in [0.1, 0.15) is 11.5 Å². The van der Waals surface area contributed by atoms with E-state index in [0.29, 0.717) is 39.7 Å². The summed E-state index contributed by atoms with van der Waals surface area (Å²) in [5.74, 6) is 0.659. The Kier molecular flexibility index (Phi) is 4.98. The molecule has 0 aliphatic carbocycles. The molecule has 4 aromatic heterocycles. The number of rotatable bonds is 5. The molecule has 166 valence electrons. The van der Waals surface area contributed by atoms with Gasteiger partial charge in [-0.1, -0.05) is 35.5 Å². The smallest absolute Gasteiger partial charge is 0.353 e. The van der Waals surface area contributed by atoms with Crippen molar-refractivity contribution in [1.29, 1.82) is 0 Å². The number of hydrogen-bond acceptors (Lipinski definition) is 8. The van der Waals surface area contributed by atoms with Crippen LogP contribution in [0.4, 0.5) is 5.95 Å². The van der Waals surface area contributed by atoms with Crippen molar-refractivity contribution >= 4 is 11.6 Å². The number of nitrogen functional groups attached to an aromatic ring is 1. The van der Waals surface area contributed by atoms with Gasteiger partial charge in [0.25, 0.3) is 0 Å². The number of aryl methyl sites for hydroxylation is 2. The molecule has 5 rings (SSSR count). The lowest BCUT2D eigenvalue weighted by molar-refractivity contribution is 0.276. The van der Waals surface area contributed by atoms with E-state index in [4.69, 9.17) is 10.3 Å². The van der Waals surface area contributed by atoms with E-state index in [0.717, 1.165) is 11.1 Å². The largest absolute Gasteiger partial charge is 0.390 e. The third-order valence-electron chi connectivity index (χ3n) is 5.25. The van der Waals surface area contributed by atoms with Crippen LogP contribution in [0.5, 0.6) is 0 Å². The zero-order chi connectivity index (χ0) is 23.1. The van der Waals surface area contributed by atoms with Gasteiger partial charge >= 0.3 is 5.69 Å². The van der Waals surface area contributed by atoms with Crippen LogP contribution in [-0.2, 0) is 13.2 Å². The van der Waals surface area contributed by atoms with E-state index >= 15 is 0 Å². The molecule has 0 saturated carbocycles. The van der Waals surface area contributed by atoms with Gasteiger partial charge in [0, 0.05) is 17.3 Å². The first-order valence-electron chi connectivity index (χ1n) is 10.3. The van der Waals surface area contributed by atoms with Crippen LogP contribution < -0.4 is 11.4 Å². The monoisotopic (exact) mass is 443 g/mol. The second-order valence-corrected chi connectivity index (χ2v) is 7.73. The minimum absolute atomic E-state index is 0.0216. The molecule has 0 aliphatic heterocycles. The second-order valence-electron chi connectivity index (χ2n) is 7.73. The van der Waals surface area contributed by atoms with Crippen LogP contribution in [0.3, 0.4) is 0 Å². The number of aliphatic hydroxyl groups is 1. The lowest BCUT2D eigenvalue weighted by atomic mass is 9.99. The number of nitrogens with zero attached hydrogens (tertiary/aromatic N) is 6. The molecule has 0 amide bonds. The van der Waals surface area contributed by atoms with Gasteiger partial charge < -0.3 is 15.4 Å². The number of aromatic nitrogens is 6. The number of benzene rings is 1. The summed E-state index contributed by atoms with van der Waals surface area (Å²) in [5.41, 5.74) is 10.7. The zero-order valence-corrected chi connectivity index (χ0v) is 18.1. The van der Waals surface area contributed by atoms with Crippen molar-refractivity contribution in [1.82, 2.24) is 29.3 Å². The maximum atomic E-state index is 13.2. The Hall–Kier alpha value is -4.31. The van der Waals surface area contributed by atoms with Gasteiger partial charge in [-0.3, -0.25) is 4.98 Å². The highest BCUT2D eigenvalue weighted by atomic mass is 16.5. The predicted molar refractivity (Wildman–Crippen MR) is 121 cm³/mol. The van der Waals surface area contributed by atoms with Gasteiger partial charge in [0.2, 0.25) is 5.95 Å². The minimum atomic E-state index is -0.440. The molecular formula is C23H21N7O3. The molecule has 10 nitrogen and oxygen atoms in total. The summed E-state index contributed by atoms with van der Waals surface area (Å²) in [6.07, 6.45) is 0. The quantitative estimate of drug-likeness (QED) is 0.422. The highest BCUT2D eigenvalue weighted by Gasteiger charge is 2.22. The Bertz CT molecular complexity index is 1530. The molecule has 0 fully saturated rings. The number of pyridine rings is 1. The van der Waals surface area contributed by atoms with Gasteiger partial charge in [-0.2, -0.15) is 0 Å². The first-order chi connectivity index (χ1) is 15.9. The Morgan fingerprint density at radius 3 is 2.52 bits per heavy atom. The molecule has 0 radical (unpaired) electrons. The average molecular weight is 443 g/mol. The van der Waals surface area contributed by atoms with Crippen LogP contribution in [-0.4, -0.2) is 34.4 Å². The Morgan fingerprint density at radius 1 is 1.03 bits per heavy atom. The number of hydrogen-bond donors (Lipinski definition) is 2. The third kappa shape index (κ3) is 3.66. The normalized spacial score (nSPS) is 11.4. The third-order valence-corrected chi connectivity index (χ3v) is 5.25. The number of nitrogens with two attached hydrogens (primary N) is 1. The summed E-state index contributed by atoms with van der Waals surface area (Å²) in [6, 6.07) is 14.9. The first kappa shape index (κ1) is 20.6. The molecule has 3 N–H and O–H groups in total. The average Bonchev–Trinajstić information content (AvgIpc) is 3.36. The molecule has 33 heavy (non-hydrogen) atoms. The van der Waals surface area contributed by atoms with Crippen molar-refractivity contribution in [2.75, 3.05) is 5.73 Å². The molecule has 0 unspecified atom stereocenters.